The fraction of sp³-hybridized carbons (Fsp3) is 0.385. The van der Waals surface area contributed by atoms with Crippen molar-refractivity contribution in [1.29, 1.82) is 0 Å². The highest BCUT2D eigenvalue weighted by molar-refractivity contribution is 9.10. The monoisotopic (exact) mass is 311 g/mol. The average Bonchev–Trinajstić information content (AvgIpc) is 2.78. The Labute approximate surface area is 114 Å². The van der Waals surface area contributed by atoms with Crippen molar-refractivity contribution in [2.45, 2.75) is 32.7 Å². The molecule has 0 spiro atoms. The van der Waals surface area contributed by atoms with E-state index in [0.717, 1.165) is 13.0 Å². The number of aromatic nitrogens is 3. The zero-order valence-electron chi connectivity index (χ0n) is 10.2. The fourth-order valence-corrected chi connectivity index (χ4v) is 2.33. The summed E-state index contributed by atoms with van der Waals surface area (Å²) in [4.78, 5) is 0. The van der Waals surface area contributed by atoms with Gasteiger partial charge in [-0.15, -0.1) is 5.10 Å². The lowest BCUT2D eigenvalue weighted by Crippen LogP contribution is -1.98. The number of aryl methyl sites for hydroxylation is 1. The summed E-state index contributed by atoms with van der Waals surface area (Å²) >= 11 is 3.34. The van der Waals surface area contributed by atoms with E-state index in [4.69, 9.17) is 0 Å². The largest absolute Gasteiger partial charge is 0.252 e. The van der Waals surface area contributed by atoms with Crippen LogP contribution in [-0.2, 0) is 6.54 Å². The Hall–Kier alpha value is -1.23. The van der Waals surface area contributed by atoms with E-state index in [-0.39, 0.29) is 5.82 Å². The van der Waals surface area contributed by atoms with Crippen molar-refractivity contribution in [2.75, 3.05) is 0 Å². The Morgan fingerprint density at radius 1 is 1.33 bits per heavy atom. The molecule has 3 nitrogen and oxygen atoms in total. The Morgan fingerprint density at radius 3 is 2.89 bits per heavy atom. The number of hydrogen-bond acceptors (Lipinski definition) is 2. The van der Waals surface area contributed by atoms with Crippen molar-refractivity contribution >= 4 is 15.9 Å². The Morgan fingerprint density at radius 2 is 2.17 bits per heavy atom. The summed E-state index contributed by atoms with van der Waals surface area (Å²) in [5.74, 6) is -0.287. The molecular formula is C13H15BrFN3. The predicted octanol–water partition coefficient (Wildman–Crippen LogP) is 4.04. The quantitative estimate of drug-likeness (QED) is 0.780. The van der Waals surface area contributed by atoms with Crippen LogP contribution in [0.5, 0.6) is 0 Å². The minimum Gasteiger partial charge on any atom is -0.252 e. The smallest absolute Gasteiger partial charge is 0.133 e. The maximum atomic E-state index is 13.7. The van der Waals surface area contributed by atoms with E-state index in [2.05, 4.69) is 33.2 Å². The molecular weight excluding hydrogens is 297 g/mol. The number of rotatable bonds is 5. The second kappa shape index (κ2) is 6.09. The molecule has 1 aromatic carbocycles. The fourth-order valence-electron chi connectivity index (χ4n) is 1.79. The van der Waals surface area contributed by atoms with Crippen molar-refractivity contribution in [3.63, 3.8) is 0 Å². The zero-order valence-corrected chi connectivity index (χ0v) is 11.8. The number of hydrogen-bond donors (Lipinski definition) is 0. The Kier molecular flexibility index (Phi) is 4.47. The van der Waals surface area contributed by atoms with Gasteiger partial charge in [0.05, 0.1) is 11.8 Å². The molecule has 2 rings (SSSR count). The van der Waals surface area contributed by atoms with Crippen molar-refractivity contribution in [3.8, 4) is 11.3 Å². The summed E-state index contributed by atoms with van der Waals surface area (Å²) in [6, 6.07) is 4.89. The molecule has 96 valence electrons. The van der Waals surface area contributed by atoms with Gasteiger partial charge in [0.2, 0.25) is 0 Å². The van der Waals surface area contributed by atoms with Crippen LogP contribution in [0.15, 0.2) is 28.9 Å². The van der Waals surface area contributed by atoms with Crippen molar-refractivity contribution < 1.29 is 4.39 Å². The van der Waals surface area contributed by atoms with Gasteiger partial charge >= 0.3 is 0 Å². The second-order valence-electron chi connectivity index (χ2n) is 4.17. The van der Waals surface area contributed by atoms with Gasteiger partial charge in [0, 0.05) is 11.0 Å². The molecule has 2 aromatic rings. The van der Waals surface area contributed by atoms with Crippen LogP contribution >= 0.6 is 15.9 Å². The molecule has 0 radical (unpaired) electrons. The second-order valence-corrected chi connectivity index (χ2v) is 5.02. The summed E-state index contributed by atoms with van der Waals surface area (Å²) in [7, 11) is 0. The Bertz CT molecular complexity index is 504. The van der Waals surface area contributed by atoms with Crippen LogP contribution in [0.2, 0.25) is 0 Å². The van der Waals surface area contributed by atoms with E-state index in [9.17, 15) is 4.39 Å². The van der Waals surface area contributed by atoms with Crippen LogP contribution in [0, 0.1) is 5.82 Å². The van der Waals surface area contributed by atoms with Gasteiger partial charge < -0.3 is 0 Å². The molecule has 0 N–H and O–H groups in total. The molecule has 18 heavy (non-hydrogen) atoms. The molecule has 0 aliphatic carbocycles. The van der Waals surface area contributed by atoms with Crippen LogP contribution in [-0.4, -0.2) is 15.0 Å². The lowest BCUT2D eigenvalue weighted by atomic mass is 10.1. The van der Waals surface area contributed by atoms with E-state index < -0.39 is 0 Å². The van der Waals surface area contributed by atoms with Gasteiger partial charge in [0.1, 0.15) is 11.5 Å². The molecule has 0 bridgehead atoms. The van der Waals surface area contributed by atoms with Gasteiger partial charge in [-0.2, -0.15) is 0 Å². The molecule has 1 aromatic heterocycles. The maximum Gasteiger partial charge on any atom is 0.133 e. The van der Waals surface area contributed by atoms with E-state index in [1.165, 1.54) is 18.9 Å². The highest BCUT2D eigenvalue weighted by Crippen LogP contribution is 2.28. The normalized spacial score (nSPS) is 10.8. The minimum atomic E-state index is -0.287. The van der Waals surface area contributed by atoms with Crippen molar-refractivity contribution in [3.05, 3.63) is 34.7 Å². The van der Waals surface area contributed by atoms with Crippen LogP contribution < -0.4 is 0 Å². The summed E-state index contributed by atoms with van der Waals surface area (Å²) in [5, 5.41) is 8.06. The summed E-state index contributed by atoms with van der Waals surface area (Å²) in [6.45, 7) is 2.98. The first-order valence-corrected chi connectivity index (χ1v) is 6.86. The third-order valence-corrected chi connectivity index (χ3v) is 3.41. The first kappa shape index (κ1) is 13.2. The molecule has 5 heteroatoms. The molecule has 1 heterocycles. The van der Waals surface area contributed by atoms with Crippen LogP contribution in [0.3, 0.4) is 0 Å². The van der Waals surface area contributed by atoms with Gasteiger partial charge in [-0.05, 0) is 34.5 Å². The van der Waals surface area contributed by atoms with Gasteiger partial charge in [-0.1, -0.05) is 31.0 Å². The molecule has 0 aliphatic rings. The molecule has 0 atom stereocenters. The molecule has 0 saturated heterocycles. The van der Waals surface area contributed by atoms with Gasteiger partial charge in [-0.3, -0.25) is 4.68 Å². The highest BCUT2D eigenvalue weighted by Gasteiger charge is 2.12. The van der Waals surface area contributed by atoms with Crippen molar-refractivity contribution in [1.82, 2.24) is 15.0 Å². The zero-order chi connectivity index (χ0) is 13.0. The van der Waals surface area contributed by atoms with Crippen LogP contribution in [0.1, 0.15) is 26.2 Å². The average molecular weight is 312 g/mol. The first-order chi connectivity index (χ1) is 8.72. The molecule has 0 amide bonds. The lowest BCUT2D eigenvalue weighted by Gasteiger charge is -2.01. The number of unbranched alkanes of at least 4 members (excludes halogenated alkanes) is 2. The predicted molar refractivity (Wildman–Crippen MR) is 72.6 cm³/mol. The molecule has 0 saturated carbocycles. The standard InChI is InChI=1S/C13H15BrFN3/c1-2-3-4-8-18-9-12(16-17-18)13-10(14)6-5-7-11(13)15/h5-7,9H,2-4,8H2,1H3. The molecule has 0 fully saturated rings. The van der Waals surface area contributed by atoms with E-state index in [1.54, 1.807) is 23.0 Å². The SMILES string of the molecule is CCCCCn1cc(-c2c(F)cccc2Br)nn1. The maximum absolute atomic E-state index is 13.7. The summed E-state index contributed by atoms with van der Waals surface area (Å²) in [6.07, 6.45) is 5.19. The highest BCUT2D eigenvalue weighted by atomic mass is 79.9. The topological polar surface area (TPSA) is 30.7 Å². The van der Waals surface area contributed by atoms with Crippen molar-refractivity contribution in [2.24, 2.45) is 0 Å². The summed E-state index contributed by atoms with van der Waals surface area (Å²) < 4.78 is 16.2. The molecule has 0 unspecified atom stereocenters. The van der Waals surface area contributed by atoms with E-state index >= 15 is 0 Å². The van der Waals surface area contributed by atoms with E-state index in [0.29, 0.717) is 15.7 Å². The van der Waals surface area contributed by atoms with Gasteiger partial charge in [0.25, 0.3) is 0 Å². The lowest BCUT2D eigenvalue weighted by molar-refractivity contribution is 0.537. The van der Waals surface area contributed by atoms with E-state index in [1.807, 2.05) is 0 Å². The Balaban J connectivity index is 2.19. The minimum absolute atomic E-state index is 0.287. The third-order valence-electron chi connectivity index (χ3n) is 2.75. The van der Waals surface area contributed by atoms with Crippen LogP contribution in [0.25, 0.3) is 11.3 Å². The number of nitrogens with zero attached hydrogens (tertiary/aromatic N) is 3. The van der Waals surface area contributed by atoms with Gasteiger partial charge in [0.15, 0.2) is 0 Å². The first-order valence-electron chi connectivity index (χ1n) is 6.07. The third kappa shape index (κ3) is 2.96. The number of benzene rings is 1. The molecule has 0 aliphatic heterocycles. The van der Waals surface area contributed by atoms with Crippen LogP contribution in [0.4, 0.5) is 4.39 Å². The van der Waals surface area contributed by atoms with Gasteiger partial charge in [-0.25, -0.2) is 4.39 Å². The summed E-state index contributed by atoms with van der Waals surface area (Å²) in [5.41, 5.74) is 1.04. The number of halogens is 2.